The molecule has 0 atom stereocenters. The third-order valence-corrected chi connectivity index (χ3v) is 5.60. The van der Waals surface area contributed by atoms with Crippen LogP contribution in [0.5, 0.6) is 0 Å². The van der Waals surface area contributed by atoms with Crippen molar-refractivity contribution in [3.63, 3.8) is 0 Å². The first-order valence-electron chi connectivity index (χ1n) is 9.72. The summed E-state index contributed by atoms with van der Waals surface area (Å²) >= 11 is 0. The Hall–Kier alpha value is -2.43. The number of piperidine rings is 1. The summed E-state index contributed by atoms with van der Waals surface area (Å²) in [5, 5.41) is 3.24. The van der Waals surface area contributed by atoms with E-state index in [0.717, 1.165) is 55.8 Å². The van der Waals surface area contributed by atoms with Crippen LogP contribution in [0.15, 0.2) is 42.7 Å². The van der Waals surface area contributed by atoms with Crippen LogP contribution < -0.4 is 10.2 Å². The molecule has 1 aliphatic heterocycles. The lowest BCUT2D eigenvalue weighted by Gasteiger charge is -2.31. The Morgan fingerprint density at radius 3 is 2.23 bits per heavy atom. The molecule has 1 saturated heterocycles. The molecule has 0 spiro atoms. The van der Waals surface area contributed by atoms with Gasteiger partial charge in [-0.3, -0.25) is 4.79 Å². The zero-order chi connectivity index (χ0) is 17.8. The lowest BCUT2D eigenvalue weighted by molar-refractivity contribution is -0.126. The van der Waals surface area contributed by atoms with Gasteiger partial charge in [-0.1, -0.05) is 43.2 Å². The summed E-state index contributed by atoms with van der Waals surface area (Å²) < 4.78 is 0. The number of rotatable bonds is 4. The fourth-order valence-electron chi connectivity index (χ4n) is 4.00. The highest BCUT2D eigenvalue weighted by Gasteiger charge is 2.28. The van der Waals surface area contributed by atoms with E-state index in [2.05, 4.69) is 32.3 Å². The summed E-state index contributed by atoms with van der Waals surface area (Å²) in [6.45, 7) is 1.68. The summed E-state index contributed by atoms with van der Waals surface area (Å²) in [5.41, 5.74) is 2.15. The van der Waals surface area contributed by atoms with Crippen molar-refractivity contribution in [2.45, 2.75) is 44.6 Å². The van der Waals surface area contributed by atoms with Crippen LogP contribution in [0, 0.1) is 5.92 Å². The SMILES string of the molecule is O=C(NC1CCCC1)C1CCN(c2ncc(-c3ccccc3)cn2)CC1. The molecule has 1 aromatic carbocycles. The Morgan fingerprint density at radius 1 is 0.923 bits per heavy atom. The highest BCUT2D eigenvalue weighted by atomic mass is 16.1. The third kappa shape index (κ3) is 3.87. The molecular formula is C21H26N4O. The molecule has 4 rings (SSSR count). The number of aromatic nitrogens is 2. The number of carbonyl (C=O) groups excluding carboxylic acids is 1. The van der Waals surface area contributed by atoms with E-state index >= 15 is 0 Å². The maximum Gasteiger partial charge on any atom is 0.225 e. The van der Waals surface area contributed by atoms with Gasteiger partial charge in [0.2, 0.25) is 11.9 Å². The van der Waals surface area contributed by atoms with Crippen molar-refractivity contribution < 1.29 is 4.79 Å². The third-order valence-electron chi connectivity index (χ3n) is 5.60. The van der Waals surface area contributed by atoms with Crippen LogP contribution in [-0.4, -0.2) is 35.0 Å². The Balaban J connectivity index is 1.32. The predicted molar refractivity (Wildman–Crippen MR) is 103 cm³/mol. The average Bonchev–Trinajstić information content (AvgIpc) is 3.22. The van der Waals surface area contributed by atoms with Gasteiger partial charge in [0.05, 0.1) is 0 Å². The predicted octanol–water partition coefficient (Wildman–Crippen LogP) is 3.42. The minimum atomic E-state index is 0.135. The number of amides is 1. The first-order chi connectivity index (χ1) is 12.8. The molecule has 0 unspecified atom stereocenters. The summed E-state index contributed by atoms with van der Waals surface area (Å²) in [4.78, 5) is 23.7. The van der Waals surface area contributed by atoms with Crippen molar-refractivity contribution in [1.82, 2.24) is 15.3 Å². The van der Waals surface area contributed by atoms with Crippen molar-refractivity contribution >= 4 is 11.9 Å². The van der Waals surface area contributed by atoms with Crippen LogP contribution in [-0.2, 0) is 4.79 Å². The van der Waals surface area contributed by atoms with E-state index in [1.165, 1.54) is 12.8 Å². The maximum atomic E-state index is 12.4. The molecule has 1 saturated carbocycles. The monoisotopic (exact) mass is 350 g/mol. The number of hydrogen-bond acceptors (Lipinski definition) is 4. The molecule has 5 heteroatoms. The average molecular weight is 350 g/mol. The highest BCUT2D eigenvalue weighted by molar-refractivity contribution is 5.79. The van der Waals surface area contributed by atoms with Crippen LogP contribution in [0.4, 0.5) is 5.95 Å². The minimum Gasteiger partial charge on any atom is -0.353 e. The quantitative estimate of drug-likeness (QED) is 0.918. The molecule has 1 amide bonds. The molecular weight excluding hydrogens is 324 g/mol. The van der Waals surface area contributed by atoms with Gasteiger partial charge in [0, 0.05) is 43.0 Å². The van der Waals surface area contributed by atoms with Crippen molar-refractivity contribution in [3.05, 3.63) is 42.7 Å². The van der Waals surface area contributed by atoms with E-state index in [4.69, 9.17) is 0 Å². The highest BCUT2D eigenvalue weighted by Crippen LogP contribution is 2.24. The first-order valence-corrected chi connectivity index (χ1v) is 9.72. The molecule has 2 heterocycles. The summed E-state index contributed by atoms with van der Waals surface area (Å²) in [5.74, 6) is 1.15. The van der Waals surface area contributed by atoms with Gasteiger partial charge in [0.15, 0.2) is 0 Å². The molecule has 2 fully saturated rings. The van der Waals surface area contributed by atoms with Crippen LogP contribution in [0.25, 0.3) is 11.1 Å². The van der Waals surface area contributed by atoms with Gasteiger partial charge in [-0.25, -0.2) is 9.97 Å². The van der Waals surface area contributed by atoms with Gasteiger partial charge in [0.25, 0.3) is 0 Å². The van der Waals surface area contributed by atoms with E-state index in [1.807, 2.05) is 30.6 Å². The molecule has 1 aliphatic carbocycles. The molecule has 1 N–H and O–H groups in total. The second-order valence-corrected chi connectivity index (χ2v) is 7.39. The minimum absolute atomic E-state index is 0.135. The molecule has 2 aliphatic rings. The summed E-state index contributed by atoms with van der Waals surface area (Å²) in [7, 11) is 0. The van der Waals surface area contributed by atoms with Gasteiger partial charge in [0.1, 0.15) is 0 Å². The first kappa shape index (κ1) is 17.0. The van der Waals surface area contributed by atoms with Crippen LogP contribution in [0.3, 0.4) is 0 Å². The number of anilines is 1. The van der Waals surface area contributed by atoms with Gasteiger partial charge in [-0.2, -0.15) is 0 Å². The zero-order valence-corrected chi connectivity index (χ0v) is 15.1. The Kier molecular flexibility index (Phi) is 5.14. The van der Waals surface area contributed by atoms with E-state index < -0.39 is 0 Å². The summed E-state index contributed by atoms with van der Waals surface area (Å²) in [6.07, 6.45) is 10.3. The fraction of sp³-hybridized carbons (Fsp3) is 0.476. The van der Waals surface area contributed by atoms with E-state index in [9.17, 15) is 4.79 Å². The molecule has 0 radical (unpaired) electrons. The van der Waals surface area contributed by atoms with E-state index in [-0.39, 0.29) is 11.8 Å². The van der Waals surface area contributed by atoms with Crippen molar-refractivity contribution in [3.8, 4) is 11.1 Å². The van der Waals surface area contributed by atoms with Gasteiger partial charge in [-0.15, -0.1) is 0 Å². The van der Waals surface area contributed by atoms with E-state index in [0.29, 0.717) is 6.04 Å². The van der Waals surface area contributed by atoms with Crippen LogP contribution in [0.2, 0.25) is 0 Å². The van der Waals surface area contributed by atoms with Gasteiger partial charge >= 0.3 is 0 Å². The number of hydrogen-bond donors (Lipinski definition) is 1. The van der Waals surface area contributed by atoms with Gasteiger partial charge in [-0.05, 0) is 31.2 Å². The Morgan fingerprint density at radius 2 is 1.58 bits per heavy atom. The lowest BCUT2D eigenvalue weighted by Crippen LogP contribution is -2.43. The smallest absolute Gasteiger partial charge is 0.225 e. The molecule has 136 valence electrons. The Bertz CT molecular complexity index is 717. The molecule has 26 heavy (non-hydrogen) atoms. The lowest BCUT2D eigenvalue weighted by atomic mass is 9.95. The summed E-state index contributed by atoms with van der Waals surface area (Å²) in [6, 6.07) is 10.6. The normalized spacial score (nSPS) is 18.8. The number of nitrogens with one attached hydrogen (secondary N) is 1. The largest absolute Gasteiger partial charge is 0.353 e. The Labute approximate surface area is 154 Å². The topological polar surface area (TPSA) is 58.1 Å². The maximum absolute atomic E-state index is 12.4. The zero-order valence-electron chi connectivity index (χ0n) is 15.1. The van der Waals surface area contributed by atoms with Gasteiger partial charge < -0.3 is 10.2 Å². The fourth-order valence-corrected chi connectivity index (χ4v) is 4.00. The molecule has 2 aromatic rings. The van der Waals surface area contributed by atoms with Crippen molar-refractivity contribution in [2.24, 2.45) is 5.92 Å². The number of carbonyl (C=O) groups is 1. The second kappa shape index (κ2) is 7.85. The van der Waals surface area contributed by atoms with Crippen molar-refractivity contribution in [2.75, 3.05) is 18.0 Å². The van der Waals surface area contributed by atoms with E-state index in [1.54, 1.807) is 0 Å². The second-order valence-electron chi connectivity index (χ2n) is 7.39. The van der Waals surface area contributed by atoms with Crippen LogP contribution in [0.1, 0.15) is 38.5 Å². The molecule has 1 aromatic heterocycles. The molecule has 0 bridgehead atoms. The number of benzene rings is 1. The van der Waals surface area contributed by atoms with Crippen LogP contribution >= 0.6 is 0 Å². The number of nitrogens with zero attached hydrogens (tertiary/aromatic N) is 3. The standard InChI is InChI=1S/C21H26N4O/c26-20(24-19-8-4-5-9-19)17-10-12-25(13-11-17)21-22-14-18(15-23-21)16-6-2-1-3-7-16/h1-3,6-7,14-15,17,19H,4-5,8-13H2,(H,24,26). The molecule has 5 nitrogen and oxygen atoms in total. The van der Waals surface area contributed by atoms with Crippen molar-refractivity contribution in [1.29, 1.82) is 0 Å².